The summed E-state index contributed by atoms with van der Waals surface area (Å²) in [4.78, 5) is 12.0. The van der Waals surface area contributed by atoms with Crippen LogP contribution in [-0.4, -0.2) is 22.1 Å². The summed E-state index contributed by atoms with van der Waals surface area (Å²) in [5, 5.41) is 9.86. The van der Waals surface area contributed by atoms with E-state index in [-0.39, 0.29) is 5.91 Å². The molecular formula is C14H15N3O. The quantitative estimate of drug-likeness (QED) is 0.866. The predicted molar refractivity (Wildman–Crippen MR) is 69.1 cm³/mol. The van der Waals surface area contributed by atoms with Crippen LogP contribution < -0.4 is 5.32 Å². The smallest absolute Gasteiger partial charge is 0.251 e. The van der Waals surface area contributed by atoms with Crippen LogP contribution in [0.1, 0.15) is 29.6 Å². The van der Waals surface area contributed by atoms with Crippen LogP contribution in [0.3, 0.4) is 0 Å². The Morgan fingerprint density at radius 2 is 2.22 bits per heavy atom. The van der Waals surface area contributed by atoms with Crippen LogP contribution in [0, 0.1) is 0 Å². The van der Waals surface area contributed by atoms with E-state index < -0.39 is 0 Å². The van der Waals surface area contributed by atoms with Crippen molar-refractivity contribution in [1.82, 2.24) is 15.5 Å². The van der Waals surface area contributed by atoms with Crippen molar-refractivity contribution in [1.29, 1.82) is 0 Å². The van der Waals surface area contributed by atoms with E-state index >= 15 is 0 Å². The fourth-order valence-electron chi connectivity index (χ4n) is 2.07. The zero-order valence-corrected chi connectivity index (χ0v) is 10.0. The second-order valence-corrected chi connectivity index (χ2v) is 4.65. The monoisotopic (exact) mass is 241 g/mol. The molecule has 0 spiro atoms. The normalized spacial score (nSPS) is 15.1. The Morgan fingerprint density at radius 3 is 2.89 bits per heavy atom. The molecule has 0 bridgehead atoms. The maximum atomic E-state index is 12.0. The molecule has 92 valence electrons. The molecule has 1 aromatic heterocycles. The maximum Gasteiger partial charge on any atom is 0.251 e. The number of H-pyrrole nitrogens is 1. The molecule has 1 aliphatic carbocycles. The first-order chi connectivity index (χ1) is 8.83. The Labute approximate surface area is 105 Å². The van der Waals surface area contributed by atoms with E-state index in [1.807, 2.05) is 30.3 Å². The third-order valence-corrected chi connectivity index (χ3v) is 3.38. The molecule has 18 heavy (non-hydrogen) atoms. The number of hydrogen-bond donors (Lipinski definition) is 2. The Morgan fingerprint density at radius 1 is 1.33 bits per heavy atom. The molecular weight excluding hydrogens is 226 g/mol. The second-order valence-electron chi connectivity index (χ2n) is 4.65. The number of rotatable bonds is 3. The molecule has 4 nitrogen and oxygen atoms in total. The number of hydrogen-bond acceptors (Lipinski definition) is 2. The lowest BCUT2D eigenvalue weighted by Gasteiger charge is -2.26. The van der Waals surface area contributed by atoms with Crippen LogP contribution in [0.5, 0.6) is 0 Å². The molecule has 3 rings (SSSR count). The van der Waals surface area contributed by atoms with Gasteiger partial charge in [-0.15, -0.1) is 0 Å². The maximum absolute atomic E-state index is 12.0. The largest absolute Gasteiger partial charge is 0.349 e. The predicted octanol–water partition coefficient (Wildman–Crippen LogP) is 2.36. The van der Waals surface area contributed by atoms with Crippen molar-refractivity contribution < 1.29 is 4.79 Å². The van der Waals surface area contributed by atoms with Gasteiger partial charge in [0, 0.05) is 23.4 Å². The highest BCUT2D eigenvalue weighted by molar-refractivity contribution is 5.95. The number of carbonyl (C=O) groups excluding carboxylic acids is 1. The van der Waals surface area contributed by atoms with Gasteiger partial charge in [0.2, 0.25) is 0 Å². The topological polar surface area (TPSA) is 57.8 Å². The average Bonchev–Trinajstić information content (AvgIpc) is 2.87. The van der Waals surface area contributed by atoms with Crippen LogP contribution >= 0.6 is 0 Å². The minimum atomic E-state index is 0.0149. The molecule has 0 saturated heterocycles. The van der Waals surface area contributed by atoms with Crippen molar-refractivity contribution in [2.75, 3.05) is 0 Å². The van der Waals surface area contributed by atoms with E-state index in [1.165, 1.54) is 6.42 Å². The van der Waals surface area contributed by atoms with Crippen molar-refractivity contribution in [2.45, 2.75) is 25.3 Å². The summed E-state index contributed by atoms with van der Waals surface area (Å²) in [6.07, 6.45) is 5.13. The number of amides is 1. The van der Waals surface area contributed by atoms with Gasteiger partial charge in [0.1, 0.15) is 0 Å². The van der Waals surface area contributed by atoms with Gasteiger partial charge in [-0.25, -0.2) is 0 Å². The lowest BCUT2D eigenvalue weighted by Crippen LogP contribution is -2.39. The summed E-state index contributed by atoms with van der Waals surface area (Å²) in [5.41, 5.74) is 2.61. The second kappa shape index (κ2) is 4.64. The van der Waals surface area contributed by atoms with Crippen molar-refractivity contribution in [3.05, 3.63) is 42.1 Å². The fourth-order valence-corrected chi connectivity index (χ4v) is 2.07. The molecule has 0 radical (unpaired) electrons. The Balaban J connectivity index is 1.79. The molecule has 4 heteroatoms. The SMILES string of the molecule is O=C(NC1CCC1)c1cccc(-c2ccn[nH]2)c1. The van der Waals surface area contributed by atoms with Gasteiger partial charge < -0.3 is 5.32 Å². The van der Waals surface area contributed by atoms with Crippen molar-refractivity contribution >= 4 is 5.91 Å². The van der Waals surface area contributed by atoms with Gasteiger partial charge >= 0.3 is 0 Å². The van der Waals surface area contributed by atoms with Gasteiger partial charge in [-0.2, -0.15) is 5.10 Å². The molecule has 1 aromatic carbocycles. The van der Waals surface area contributed by atoms with E-state index in [0.29, 0.717) is 11.6 Å². The summed E-state index contributed by atoms with van der Waals surface area (Å²) in [6.45, 7) is 0. The number of nitrogens with one attached hydrogen (secondary N) is 2. The molecule has 1 saturated carbocycles. The summed E-state index contributed by atoms with van der Waals surface area (Å²) >= 11 is 0. The van der Waals surface area contributed by atoms with Crippen LogP contribution in [-0.2, 0) is 0 Å². The Kier molecular flexibility index (Phi) is 2.84. The highest BCUT2D eigenvalue weighted by Crippen LogP contribution is 2.20. The highest BCUT2D eigenvalue weighted by atomic mass is 16.1. The van der Waals surface area contributed by atoms with E-state index in [4.69, 9.17) is 0 Å². The molecule has 0 unspecified atom stereocenters. The minimum absolute atomic E-state index is 0.0149. The van der Waals surface area contributed by atoms with Crippen molar-refractivity contribution in [2.24, 2.45) is 0 Å². The zero-order valence-electron chi connectivity index (χ0n) is 10.0. The molecule has 1 amide bonds. The van der Waals surface area contributed by atoms with Crippen molar-refractivity contribution in [3.8, 4) is 11.3 Å². The summed E-state index contributed by atoms with van der Waals surface area (Å²) in [7, 11) is 0. The van der Waals surface area contributed by atoms with Crippen LogP contribution in [0.25, 0.3) is 11.3 Å². The van der Waals surface area contributed by atoms with E-state index in [9.17, 15) is 4.79 Å². The zero-order chi connectivity index (χ0) is 12.4. The fraction of sp³-hybridized carbons (Fsp3) is 0.286. The highest BCUT2D eigenvalue weighted by Gasteiger charge is 2.20. The van der Waals surface area contributed by atoms with E-state index in [0.717, 1.165) is 24.1 Å². The standard InChI is InChI=1S/C14H15N3O/c18-14(16-12-5-2-6-12)11-4-1-3-10(9-11)13-7-8-15-17-13/h1,3-4,7-9,12H,2,5-6H2,(H,15,17)(H,16,18). The minimum Gasteiger partial charge on any atom is -0.349 e. The Hall–Kier alpha value is -2.10. The number of nitrogens with zero attached hydrogens (tertiary/aromatic N) is 1. The van der Waals surface area contributed by atoms with Crippen LogP contribution in [0.15, 0.2) is 36.5 Å². The van der Waals surface area contributed by atoms with Gasteiger partial charge in [-0.05, 0) is 37.5 Å². The summed E-state index contributed by atoms with van der Waals surface area (Å²) in [6, 6.07) is 9.85. The molecule has 0 aliphatic heterocycles. The molecule has 1 aliphatic rings. The number of aromatic amines is 1. The van der Waals surface area contributed by atoms with Gasteiger partial charge in [-0.1, -0.05) is 12.1 Å². The third-order valence-electron chi connectivity index (χ3n) is 3.38. The molecule has 1 heterocycles. The average molecular weight is 241 g/mol. The lowest BCUT2D eigenvalue weighted by molar-refractivity contribution is 0.0917. The number of carbonyl (C=O) groups is 1. The van der Waals surface area contributed by atoms with Gasteiger partial charge in [-0.3, -0.25) is 9.89 Å². The van der Waals surface area contributed by atoms with Gasteiger partial charge in [0.15, 0.2) is 0 Å². The molecule has 1 fully saturated rings. The Bertz CT molecular complexity index is 544. The first-order valence-corrected chi connectivity index (χ1v) is 6.23. The number of benzene rings is 1. The first-order valence-electron chi connectivity index (χ1n) is 6.23. The van der Waals surface area contributed by atoms with E-state index in [1.54, 1.807) is 6.20 Å². The first kappa shape index (κ1) is 11.0. The van der Waals surface area contributed by atoms with E-state index in [2.05, 4.69) is 15.5 Å². The summed E-state index contributed by atoms with van der Waals surface area (Å²) in [5.74, 6) is 0.0149. The lowest BCUT2D eigenvalue weighted by atomic mass is 9.93. The van der Waals surface area contributed by atoms with Gasteiger partial charge in [0.05, 0.1) is 5.69 Å². The summed E-state index contributed by atoms with van der Waals surface area (Å²) < 4.78 is 0. The number of aromatic nitrogens is 2. The van der Waals surface area contributed by atoms with Crippen LogP contribution in [0.4, 0.5) is 0 Å². The molecule has 2 N–H and O–H groups in total. The van der Waals surface area contributed by atoms with Crippen molar-refractivity contribution in [3.63, 3.8) is 0 Å². The van der Waals surface area contributed by atoms with Gasteiger partial charge in [0.25, 0.3) is 5.91 Å². The molecule has 2 aromatic rings. The molecule has 0 atom stereocenters. The third kappa shape index (κ3) is 2.14. The van der Waals surface area contributed by atoms with Crippen LogP contribution in [0.2, 0.25) is 0 Å².